The Hall–Kier alpha value is -1.91. The van der Waals surface area contributed by atoms with Gasteiger partial charge < -0.3 is 15.5 Å². The molecule has 2 atom stereocenters. The predicted octanol–water partition coefficient (Wildman–Crippen LogP) is 15.3. The molecule has 1 amide bonds. The fraction of sp³-hybridized carbons (Fsp3) is 0.784. The van der Waals surface area contributed by atoms with E-state index in [0.717, 1.165) is 64.2 Å². The van der Waals surface area contributed by atoms with Crippen molar-refractivity contribution in [2.45, 2.75) is 251 Å². The number of aliphatic hydroxyl groups excluding tert-OH is 2. The van der Waals surface area contributed by atoms with E-state index in [2.05, 4.69) is 67.8 Å². The third kappa shape index (κ3) is 43.1. The van der Waals surface area contributed by atoms with Gasteiger partial charge in [0.05, 0.1) is 18.8 Å². The van der Waals surface area contributed by atoms with Crippen LogP contribution < -0.4 is 5.32 Å². The van der Waals surface area contributed by atoms with Crippen molar-refractivity contribution >= 4 is 5.91 Å². The third-order valence-electron chi connectivity index (χ3n) is 10.7. The van der Waals surface area contributed by atoms with Crippen LogP contribution in [-0.2, 0) is 4.79 Å². The van der Waals surface area contributed by atoms with Crippen molar-refractivity contribution in [2.24, 2.45) is 0 Å². The van der Waals surface area contributed by atoms with Crippen molar-refractivity contribution in [1.82, 2.24) is 5.32 Å². The molecule has 0 rings (SSSR count). The first-order valence-corrected chi connectivity index (χ1v) is 24.0. The summed E-state index contributed by atoms with van der Waals surface area (Å²) in [7, 11) is 0. The molecule has 0 fully saturated rings. The number of amides is 1. The molecule has 0 bridgehead atoms. The normalized spacial score (nSPS) is 13.5. The van der Waals surface area contributed by atoms with Gasteiger partial charge in [-0.15, -0.1) is 0 Å². The predicted molar refractivity (Wildman–Crippen MR) is 244 cm³/mol. The Labute approximate surface area is 343 Å². The molecule has 0 aromatic heterocycles. The topological polar surface area (TPSA) is 69.6 Å². The molecule has 0 saturated carbocycles. The minimum absolute atomic E-state index is 0.0917. The van der Waals surface area contributed by atoms with Gasteiger partial charge in [-0.3, -0.25) is 4.79 Å². The molecule has 0 aliphatic rings. The Morgan fingerprint density at radius 2 is 0.818 bits per heavy atom. The number of carbonyl (C=O) groups is 1. The third-order valence-corrected chi connectivity index (χ3v) is 10.7. The first-order chi connectivity index (χ1) is 27.2. The number of aliphatic hydroxyl groups is 2. The molecule has 0 aliphatic carbocycles. The maximum atomic E-state index is 12.4. The minimum Gasteiger partial charge on any atom is -0.394 e. The van der Waals surface area contributed by atoms with E-state index in [1.165, 1.54) is 154 Å². The van der Waals surface area contributed by atoms with Crippen LogP contribution in [0.5, 0.6) is 0 Å². The monoisotopic (exact) mass is 768 g/mol. The lowest BCUT2D eigenvalue weighted by molar-refractivity contribution is -0.123. The number of unbranched alkanes of at least 4 members (excludes halogenated alkanes) is 28. The molecule has 55 heavy (non-hydrogen) atoms. The average molecular weight is 768 g/mol. The van der Waals surface area contributed by atoms with Gasteiger partial charge in [-0.25, -0.2) is 0 Å². The van der Waals surface area contributed by atoms with Crippen LogP contribution >= 0.6 is 0 Å². The lowest BCUT2D eigenvalue weighted by atomic mass is 10.0. The van der Waals surface area contributed by atoms with Crippen molar-refractivity contribution in [3.8, 4) is 0 Å². The molecule has 0 spiro atoms. The quantitative estimate of drug-likeness (QED) is 0.0427. The first-order valence-electron chi connectivity index (χ1n) is 24.0. The summed E-state index contributed by atoms with van der Waals surface area (Å²) in [6.07, 6.45) is 65.0. The molecule has 2 unspecified atom stereocenters. The van der Waals surface area contributed by atoms with Gasteiger partial charge in [0.2, 0.25) is 5.91 Å². The molecular formula is C51H93NO3. The van der Waals surface area contributed by atoms with Gasteiger partial charge in [-0.05, 0) is 64.2 Å². The zero-order chi connectivity index (χ0) is 40.0. The lowest BCUT2D eigenvalue weighted by Gasteiger charge is -2.19. The number of rotatable bonds is 43. The Morgan fingerprint density at radius 3 is 1.27 bits per heavy atom. The smallest absolute Gasteiger partial charge is 0.220 e. The highest BCUT2D eigenvalue weighted by atomic mass is 16.3. The summed E-state index contributed by atoms with van der Waals surface area (Å²) in [6.45, 7) is 4.18. The fourth-order valence-corrected chi connectivity index (χ4v) is 7.09. The van der Waals surface area contributed by atoms with Crippen molar-refractivity contribution in [1.29, 1.82) is 0 Å². The van der Waals surface area contributed by atoms with E-state index < -0.39 is 12.1 Å². The van der Waals surface area contributed by atoms with E-state index in [0.29, 0.717) is 6.42 Å². The number of carbonyl (C=O) groups excluding carboxylic acids is 1. The summed E-state index contributed by atoms with van der Waals surface area (Å²) in [5, 5.41) is 23.0. The van der Waals surface area contributed by atoms with Gasteiger partial charge in [-0.2, -0.15) is 0 Å². The van der Waals surface area contributed by atoms with Crippen molar-refractivity contribution < 1.29 is 15.0 Å². The van der Waals surface area contributed by atoms with E-state index in [1.54, 1.807) is 6.08 Å². The standard InChI is InChI=1S/C51H93NO3/c1-3-5-7-9-11-13-15-17-19-20-21-22-23-24-25-26-27-28-29-30-31-33-34-36-38-40-42-44-46-50(54)49(48-53)52-51(55)47-45-43-41-39-37-35-32-18-16-14-12-10-8-6-4-2/h6,8,12,14,18,32,36,38,44,46,49-50,53-54H,3-5,7,9-11,13,15-17,19-31,33-35,37,39-43,45,47-48H2,1-2H3,(H,52,55)/b8-6-,14-12-,32-18-,38-36+,46-44+. The molecule has 0 aromatic rings. The van der Waals surface area contributed by atoms with Crippen LogP contribution in [0, 0.1) is 0 Å². The molecule has 3 N–H and O–H groups in total. The van der Waals surface area contributed by atoms with E-state index in [9.17, 15) is 15.0 Å². The van der Waals surface area contributed by atoms with Gasteiger partial charge >= 0.3 is 0 Å². The summed E-state index contributed by atoms with van der Waals surface area (Å²) >= 11 is 0. The maximum Gasteiger partial charge on any atom is 0.220 e. The summed E-state index contributed by atoms with van der Waals surface area (Å²) in [5.74, 6) is -0.0917. The fourth-order valence-electron chi connectivity index (χ4n) is 7.09. The number of nitrogens with one attached hydrogen (secondary N) is 1. The van der Waals surface area contributed by atoms with Crippen molar-refractivity contribution in [3.05, 3.63) is 60.8 Å². The molecule has 0 aromatic carbocycles. The Kier molecular flexibility index (Phi) is 44.9. The molecule has 4 nitrogen and oxygen atoms in total. The van der Waals surface area contributed by atoms with Crippen LogP contribution in [0.1, 0.15) is 239 Å². The number of allylic oxidation sites excluding steroid dienone is 9. The summed E-state index contributed by atoms with van der Waals surface area (Å²) in [4.78, 5) is 12.4. The first kappa shape index (κ1) is 53.1. The van der Waals surface area contributed by atoms with Crippen LogP contribution in [0.4, 0.5) is 0 Å². The van der Waals surface area contributed by atoms with Gasteiger partial charge in [0, 0.05) is 6.42 Å². The molecule has 0 saturated heterocycles. The zero-order valence-electron chi connectivity index (χ0n) is 36.7. The van der Waals surface area contributed by atoms with Gasteiger partial charge in [0.25, 0.3) is 0 Å². The highest BCUT2D eigenvalue weighted by Crippen LogP contribution is 2.16. The highest BCUT2D eigenvalue weighted by Gasteiger charge is 2.17. The average Bonchev–Trinajstić information content (AvgIpc) is 3.19. The van der Waals surface area contributed by atoms with Gasteiger partial charge in [0.15, 0.2) is 0 Å². The number of hydrogen-bond donors (Lipinski definition) is 3. The van der Waals surface area contributed by atoms with Gasteiger partial charge in [-0.1, -0.05) is 229 Å². The molecule has 0 heterocycles. The molecule has 0 aliphatic heterocycles. The van der Waals surface area contributed by atoms with E-state index in [4.69, 9.17) is 0 Å². The molecule has 0 radical (unpaired) electrons. The Balaban J connectivity index is 3.56. The zero-order valence-corrected chi connectivity index (χ0v) is 36.7. The second kappa shape index (κ2) is 46.5. The highest BCUT2D eigenvalue weighted by molar-refractivity contribution is 5.76. The second-order valence-electron chi connectivity index (χ2n) is 16.1. The SMILES string of the molecule is CC/C=C\C/C=C\C/C=C\CCCCCCCC(=O)NC(CO)C(O)/C=C/CC/C=C/CCCCCCCCCCCCCCCCCCCCCCCC. The van der Waals surface area contributed by atoms with Crippen LogP contribution in [0.2, 0.25) is 0 Å². The van der Waals surface area contributed by atoms with Gasteiger partial charge in [0.1, 0.15) is 0 Å². The maximum absolute atomic E-state index is 12.4. The summed E-state index contributed by atoms with van der Waals surface area (Å²) in [6, 6.07) is -0.650. The Morgan fingerprint density at radius 1 is 0.455 bits per heavy atom. The molecular weight excluding hydrogens is 675 g/mol. The van der Waals surface area contributed by atoms with Crippen LogP contribution in [0.25, 0.3) is 0 Å². The Bertz CT molecular complexity index is 919. The molecule has 320 valence electrons. The summed E-state index contributed by atoms with van der Waals surface area (Å²) < 4.78 is 0. The van der Waals surface area contributed by atoms with Crippen LogP contribution in [-0.4, -0.2) is 34.9 Å². The van der Waals surface area contributed by atoms with Crippen molar-refractivity contribution in [2.75, 3.05) is 6.61 Å². The number of hydrogen-bond acceptors (Lipinski definition) is 3. The van der Waals surface area contributed by atoms with Crippen LogP contribution in [0.3, 0.4) is 0 Å². The largest absolute Gasteiger partial charge is 0.394 e. The van der Waals surface area contributed by atoms with Crippen LogP contribution in [0.15, 0.2) is 60.8 Å². The summed E-state index contributed by atoms with van der Waals surface area (Å²) in [5.41, 5.74) is 0. The van der Waals surface area contributed by atoms with E-state index >= 15 is 0 Å². The van der Waals surface area contributed by atoms with E-state index in [1.807, 2.05) is 6.08 Å². The second-order valence-corrected chi connectivity index (χ2v) is 16.1. The minimum atomic E-state index is -0.872. The van der Waals surface area contributed by atoms with E-state index in [-0.39, 0.29) is 12.5 Å². The molecule has 4 heteroatoms. The van der Waals surface area contributed by atoms with Crippen molar-refractivity contribution in [3.63, 3.8) is 0 Å². The lowest BCUT2D eigenvalue weighted by Crippen LogP contribution is -2.45.